The van der Waals surface area contributed by atoms with Crippen molar-refractivity contribution in [1.82, 2.24) is 0 Å². The van der Waals surface area contributed by atoms with E-state index in [0.717, 1.165) is 122 Å². The van der Waals surface area contributed by atoms with Crippen LogP contribution in [0.3, 0.4) is 0 Å². The Morgan fingerprint density at radius 3 is 1.33 bits per heavy atom. The van der Waals surface area contributed by atoms with Crippen molar-refractivity contribution in [2.24, 2.45) is 0 Å². The summed E-state index contributed by atoms with van der Waals surface area (Å²) in [5.41, 5.74) is 0. The normalized spacial score (nSPS) is 25.7. The predicted octanol–water partition coefficient (Wildman–Crippen LogP) is 9.41. The lowest BCUT2D eigenvalue weighted by Gasteiger charge is -2.42. The summed E-state index contributed by atoms with van der Waals surface area (Å²) < 4.78 is 34.3. The highest BCUT2D eigenvalue weighted by Crippen LogP contribution is 2.26. The lowest BCUT2D eigenvalue weighted by atomic mass is 9.98. The summed E-state index contributed by atoms with van der Waals surface area (Å²) in [7, 11) is 0. The van der Waals surface area contributed by atoms with E-state index in [-0.39, 0.29) is 19.6 Å². The average molecular weight is 1030 g/mol. The van der Waals surface area contributed by atoms with Crippen LogP contribution in [0.1, 0.15) is 168 Å². The number of hydrogen-bond acceptors (Lipinski definition) is 14. The highest BCUT2D eigenvalue weighted by atomic mass is 16.7. The Morgan fingerprint density at radius 1 is 0.452 bits per heavy atom. The van der Waals surface area contributed by atoms with Crippen LogP contribution in [0.2, 0.25) is 0 Å². The van der Waals surface area contributed by atoms with E-state index in [1.165, 1.54) is 19.3 Å². The molecule has 0 spiro atoms. The van der Waals surface area contributed by atoms with Crippen molar-refractivity contribution in [3.8, 4) is 0 Å². The fourth-order valence-corrected chi connectivity index (χ4v) is 8.15. The van der Waals surface area contributed by atoms with Gasteiger partial charge >= 0.3 is 5.97 Å². The molecule has 2 fully saturated rings. The molecule has 73 heavy (non-hydrogen) atoms. The minimum Gasteiger partial charge on any atom is -0.457 e. The maximum Gasteiger partial charge on any atom is 0.306 e. The molecule has 7 N–H and O–H groups in total. The van der Waals surface area contributed by atoms with Gasteiger partial charge in [-0.2, -0.15) is 0 Å². The van der Waals surface area contributed by atoms with Gasteiger partial charge in [-0.15, -0.1) is 0 Å². The minimum atomic E-state index is -1.72. The maximum absolute atomic E-state index is 13.1. The molecule has 0 aromatic heterocycles. The van der Waals surface area contributed by atoms with Crippen LogP contribution in [-0.4, -0.2) is 142 Å². The van der Waals surface area contributed by atoms with E-state index in [1.54, 1.807) is 0 Å². The third-order valence-electron chi connectivity index (χ3n) is 12.6. The van der Waals surface area contributed by atoms with Gasteiger partial charge in [0.2, 0.25) is 0 Å². The molecule has 0 radical (unpaired) electrons. The van der Waals surface area contributed by atoms with Crippen LogP contribution in [0.15, 0.2) is 97.2 Å². The van der Waals surface area contributed by atoms with Gasteiger partial charge in [-0.25, -0.2) is 0 Å². The van der Waals surface area contributed by atoms with Crippen LogP contribution in [0.25, 0.3) is 0 Å². The standard InChI is InChI=1S/C59H98O14/c1-3-5-7-9-11-13-15-17-19-21-23-25-27-29-31-33-35-37-39-41-43-68-45-48(71-51(61)42-40-38-36-34-32-30-28-26-24-22-20-18-16-14-12-10-8-6-4-2)46-69-58-57(67)55(65)53(63)50(73-58)47-70-59-56(66)54(64)52(62)49(44-60)72-59/h5-8,11-14,17-20,23-26,48-50,52-60,62-67H,3-4,9-10,15-16,21-22,27-47H2,1-2H3/b7-5-,8-6-,13-11-,14-12-,19-17-,20-18-,25-23-,26-24-. The number of carbonyl (C=O) groups is 1. The van der Waals surface area contributed by atoms with Crippen LogP contribution in [0.5, 0.6) is 0 Å². The molecule has 2 heterocycles. The highest BCUT2D eigenvalue weighted by molar-refractivity contribution is 5.69. The fraction of sp³-hybridized carbons (Fsp3) is 0.712. The SMILES string of the molecule is CC/C=C\C/C=C\C/C=C\C/C=C\CCCCCCCCCOCC(COC1OC(COC2OC(CO)C(O)C(O)C2O)C(O)C(O)C1O)OC(=O)CCCCCCCC/C=C\C/C=C\C/C=C\C/C=C\CC. The van der Waals surface area contributed by atoms with E-state index in [9.17, 15) is 40.5 Å². The van der Waals surface area contributed by atoms with Gasteiger partial charge < -0.3 is 64.2 Å². The monoisotopic (exact) mass is 1030 g/mol. The number of ether oxygens (including phenoxy) is 6. The second-order valence-corrected chi connectivity index (χ2v) is 19.0. The topological polar surface area (TPSA) is 214 Å². The summed E-state index contributed by atoms with van der Waals surface area (Å²) in [6.07, 6.45) is 43.1. The first-order valence-electron chi connectivity index (χ1n) is 27.8. The molecular formula is C59H98O14. The second-order valence-electron chi connectivity index (χ2n) is 19.0. The Kier molecular flexibility index (Phi) is 40.8. The Morgan fingerprint density at radius 2 is 0.849 bits per heavy atom. The zero-order chi connectivity index (χ0) is 53.0. The van der Waals surface area contributed by atoms with Crippen molar-refractivity contribution in [1.29, 1.82) is 0 Å². The lowest BCUT2D eigenvalue weighted by Crippen LogP contribution is -2.61. The average Bonchev–Trinajstić information content (AvgIpc) is 3.39. The van der Waals surface area contributed by atoms with E-state index in [0.29, 0.717) is 13.0 Å². The molecular weight excluding hydrogens is 933 g/mol. The minimum absolute atomic E-state index is 0.0416. The number of unbranched alkanes of at least 4 members (excludes halogenated alkanes) is 13. The summed E-state index contributed by atoms with van der Waals surface area (Å²) in [5.74, 6) is -0.398. The van der Waals surface area contributed by atoms with E-state index >= 15 is 0 Å². The number of carbonyl (C=O) groups excluding carboxylic acids is 1. The summed E-state index contributed by atoms with van der Waals surface area (Å²) in [5, 5.41) is 72.3. The number of allylic oxidation sites excluding steroid dienone is 16. The Balaban J connectivity index is 1.75. The van der Waals surface area contributed by atoms with Crippen molar-refractivity contribution in [2.45, 2.75) is 235 Å². The van der Waals surface area contributed by atoms with Crippen molar-refractivity contribution in [3.63, 3.8) is 0 Å². The summed E-state index contributed by atoms with van der Waals surface area (Å²) in [4.78, 5) is 13.1. The van der Waals surface area contributed by atoms with E-state index < -0.39 is 86.7 Å². The van der Waals surface area contributed by atoms with Crippen LogP contribution in [0.4, 0.5) is 0 Å². The molecule has 0 amide bonds. The zero-order valence-electron chi connectivity index (χ0n) is 44.6. The smallest absolute Gasteiger partial charge is 0.306 e. The number of aliphatic hydroxyl groups excluding tert-OH is 7. The highest BCUT2D eigenvalue weighted by Gasteiger charge is 2.47. The van der Waals surface area contributed by atoms with Gasteiger partial charge in [0.25, 0.3) is 0 Å². The van der Waals surface area contributed by atoms with Crippen LogP contribution >= 0.6 is 0 Å². The van der Waals surface area contributed by atoms with Crippen LogP contribution < -0.4 is 0 Å². The van der Waals surface area contributed by atoms with Crippen molar-refractivity contribution >= 4 is 5.97 Å². The molecule has 0 aliphatic carbocycles. The Labute approximate surface area is 439 Å². The molecule has 2 aliphatic heterocycles. The summed E-state index contributed by atoms with van der Waals surface area (Å²) in [6, 6.07) is 0. The van der Waals surface area contributed by atoms with E-state index in [2.05, 4.69) is 111 Å². The zero-order valence-corrected chi connectivity index (χ0v) is 44.6. The van der Waals surface area contributed by atoms with Crippen molar-refractivity contribution in [3.05, 3.63) is 97.2 Å². The first-order chi connectivity index (χ1) is 35.6. The number of esters is 1. The molecule has 0 saturated carbocycles. The number of aliphatic hydroxyl groups is 7. The Hall–Kier alpha value is -3.09. The third-order valence-corrected chi connectivity index (χ3v) is 12.6. The lowest BCUT2D eigenvalue weighted by molar-refractivity contribution is -0.332. The largest absolute Gasteiger partial charge is 0.457 e. The van der Waals surface area contributed by atoms with Gasteiger partial charge in [0, 0.05) is 13.0 Å². The maximum atomic E-state index is 13.1. The molecule has 11 unspecified atom stereocenters. The first kappa shape index (κ1) is 66.0. The van der Waals surface area contributed by atoms with Crippen molar-refractivity contribution in [2.75, 3.05) is 33.0 Å². The molecule has 0 aromatic rings. The van der Waals surface area contributed by atoms with Crippen LogP contribution in [-0.2, 0) is 33.2 Å². The molecule has 14 heteroatoms. The van der Waals surface area contributed by atoms with Gasteiger partial charge in [0.1, 0.15) is 54.9 Å². The van der Waals surface area contributed by atoms with Gasteiger partial charge in [0.15, 0.2) is 12.6 Å². The first-order valence-corrected chi connectivity index (χ1v) is 27.8. The van der Waals surface area contributed by atoms with E-state index in [4.69, 9.17) is 28.4 Å². The summed E-state index contributed by atoms with van der Waals surface area (Å²) >= 11 is 0. The number of rotatable bonds is 43. The molecule has 2 rings (SSSR count). The molecule has 0 aromatic carbocycles. The van der Waals surface area contributed by atoms with E-state index in [1.807, 2.05) is 0 Å². The molecule has 14 nitrogen and oxygen atoms in total. The molecule has 11 atom stereocenters. The van der Waals surface area contributed by atoms with Crippen LogP contribution in [0, 0.1) is 0 Å². The third kappa shape index (κ3) is 32.2. The number of hydrogen-bond donors (Lipinski definition) is 7. The molecule has 418 valence electrons. The Bertz CT molecular complexity index is 1570. The molecule has 0 bridgehead atoms. The van der Waals surface area contributed by atoms with Crippen molar-refractivity contribution < 1.29 is 69.0 Å². The second kappa shape index (κ2) is 45.1. The van der Waals surface area contributed by atoms with Gasteiger partial charge in [-0.1, -0.05) is 169 Å². The predicted molar refractivity (Wildman–Crippen MR) is 288 cm³/mol. The van der Waals surface area contributed by atoms with Gasteiger partial charge in [0.05, 0.1) is 26.4 Å². The fourth-order valence-electron chi connectivity index (χ4n) is 8.15. The quantitative estimate of drug-likeness (QED) is 0.0172. The van der Waals surface area contributed by atoms with Gasteiger partial charge in [-0.3, -0.25) is 4.79 Å². The molecule has 2 saturated heterocycles. The molecule has 2 aliphatic rings. The van der Waals surface area contributed by atoms with Gasteiger partial charge in [-0.05, 0) is 89.9 Å². The summed E-state index contributed by atoms with van der Waals surface area (Å²) in [6.45, 7) is 3.40.